The lowest BCUT2D eigenvalue weighted by atomic mass is 10.3. The number of aliphatic hydroxyl groups excluding tert-OH is 2. The van der Waals surface area contributed by atoms with Crippen molar-refractivity contribution in [3.63, 3.8) is 0 Å². The first-order chi connectivity index (χ1) is 15.9. The van der Waals surface area contributed by atoms with Crippen LogP contribution in [0.25, 0.3) is 11.2 Å². The van der Waals surface area contributed by atoms with Crippen molar-refractivity contribution in [2.75, 3.05) is 37.7 Å². The lowest BCUT2D eigenvalue weighted by Crippen LogP contribution is -2.44. The zero-order chi connectivity index (χ0) is 25.6. The van der Waals surface area contributed by atoms with Crippen molar-refractivity contribution in [3.05, 3.63) is 20.8 Å². The first-order valence-corrected chi connectivity index (χ1v) is 10.1. The molecule has 34 heavy (non-hydrogen) atoms. The number of carboxylic acids is 1. The molecular formula is C19H25F3N6O6. The van der Waals surface area contributed by atoms with Crippen LogP contribution in [0.3, 0.4) is 0 Å². The van der Waals surface area contributed by atoms with Gasteiger partial charge in [0.05, 0.1) is 25.8 Å². The molecule has 2 aromatic rings. The number of aromatic nitrogens is 4. The molecule has 0 saturated carbocycles. The fourth-order valence-electron chi connectivity index (χ4n) is 3.19. The Kier molecular flexibility index (Phi) is 8.85. The molecular weight excluding hydrogens is 465 g/mol. The number of aliphatic hydroxyl groups is 2. The summed E-state index contributed by atoms with van der Waals surface area (Å²) >= 11 is 0. The summed E-state index contributed by atoms with van der Waals surface area (Å²) in [5.41, 5.74) is -0.588. The average molecular weight is 490 g/mol. The van der Waals surface area contributed by atoms with E-state index in [1.807, 2.05) is 4.90 Å². The number of nitrogens with one attached hydrogen (secondary N) is 1. The minimum Gasteiger partial charge on any atom is -0.475 e. The maximum Gasteiger partial charge on any atom is 0.490 e. The number of rotatable bonds is 5. The number of hydrogen-bond donors (Lipinski definition) is 4. The fraction of sp³-hybridized carbons (Fsp3) is 0.579. The van der Waals surface area contributed by atoms with Crippen molar-refractivity contribution >= 4 is 23.1 Å². The van der Waals surface area contributed by atoms with E-state index in [9.17, 15) is 27.9 Å². The number of nitrogens with zero attached hydrogens (tertiary/aromatic N) is 5. The molecule has 3 heterocycles. The number of carbonyl (C=O) groups is 1. The highest BCUT2D eigenvalue weighted by Crippen LogP contribution is 2.20. The molecule has 12 nitrogen and oxygen atoms in total. The van der Waals surface area contributed by atoms with Gasteiger partial charge in [-0.3, -0.25) is 18.5 Å². The summed E-state index contributed by atoms with van der Waals surface area (Å²) in [6.07, 6.45) is -6.22. The normalized spacial score (nSPS) is 14.7. The molecule has 0 aromatic carbocycles. The van der Waals surface area contributed by atoms with E-state index in [2.05, 4.69) is 22.1 Å². The number of fused-ring (bicyclic) bond motifs is 1. The Morgan fingerprint density at radius 2 is 1.82 bits per heavy atom. The lowest BCUT2D eigenvalue weighted by molar-refractivity contribution is -0.192. The predicted molar refractivity (Wildman–Crippen MR) is 115 cm³/mol. The molecule has 0 amide bonds. The zero-order valence-electron chi connectivity index (χ0n) is 18.5. The quantitative estimate of drug-likeness (QED) is 0.360. The van der Waals surface area contributed by atoms with Crippen molar-refractivity contribution in [1.29, 1.82) is 0 Å². The largest absolute Gasteiger partial charge is 0.490 e. The van der Waals surface area contributed by atoms with Crippen molar-refractivity contribution in [1.82, 2.24) is 24.0 Å². The average Bonchev–Trinajstić information content (AvgIpc) is 3.18. The third-order valence-corrected chi connectivity index (χ3v) is 4.87. The van der Waals surface area contributed by atoms with Crippen LogP contribution in [0.5, 0.6) is 0 Å². The van der Waals surface area contributed by atoms with Crippen LogP contribution in [0.4, 0.5) is 19.1 Å². The van der Waals surface area contributed by atoms with Crippen LogP contribution in [0, 0.1) is 11.8 Å². The van der Waals surface area contributed by atoms with E-state index in [-0.39, 0.29) is 24.3 Å². The van der Waals surface area contributed by atoms with E-state index in [0.29, 0.717) is 19.0 Å². The number of alkyl halides is 3. The number of aliphatic carboxylic acids is 1. The zero-order valence-corrected chi connectivity index (χ0v) is 18.5. The van der Waals surface area contributed by atoms with Gasteiger partial charge in [-0.2, -0.15) is 18.2 Å². The van der Waals surface area contributed by atoms with Crippen LogP contribution in [0.2, 0.25) is 0 Å². The number of hydrogen-bond acceptors (Lipinski definition) is 8. The summed E-state index contributed by atoms with van der Waals surface area (Å²) in [7, 11) is 1.39. The summed E-state index contributed by atoms with van der Waals surface area (Å²) < 4.78 is 35.7. The first-order valence-electron chi connectivity index (χ1n) is 10.1. The molecule has 1 aliphatic heterocycles. The van der Waals surface area contributed by atoms with Gasteiger partial charge in [0.25, 0.3) is 5.56 Å². The molecule has 4 N–H and O–H groups in total. The Balaban J connectivity index is 0.000000509. The van der Waals surface area contributed by atoms with Crippen LogP contribution in [0.1, 0.15) is 6.92 Å². The molecule has 1 saturated heterocycles. The van der Waals surface area contributed by atoms with Gasteiger partial charge in [-0.05, 0) is 6.92 Å². The summed E-state index contributed by atoms with van der Waals surface area (Å²) in [5.74, 6) is 3.60. The van der Waals surface area contributed by atoms with E-state index >= 15 is 0 Å². The molecule has 3 rings (SSSR count). The third kappa shape index (κ3) is 5.95. The molecule has 0 aliphatic carbocycles. The van der Waals surface area contributed by atoms with Crippen LogP contribution < -0.4 is 21.5 Å². The van der Waals surface area contributed by atoms with Gasteiger partial charge < -0.3 is 25.5 Å². The first kappa shape index (κ1) is 26.9. The number of halogens is 3. The monoisotopic (exact) mass is 490 g/mol. The molecule has 15 heteroatoms. The van der Waals surface area contributed by atoms with Crippen molar-refractivity contribution in [2.45, 2.75) is 32.3 Å². The molecule has 1 fully saturated rings. The third-order valence-electron chi connectivity index (χ3n) is 4.87. The van der Waals surface area contributed by atoms with Gasteiger partial charge in [0.1, 0.15) is 0 Å². The van der Waals surface area contributed by atoms with Gasteiger partial charge in [-0.25, -0.2) is 9.59 Å². The lowest BCUT2D eigenvalue weighted by Gasteiger charge is -2.28. The van der Waals surface area contributed by atoms with Gasteiger partial charge in [-0.15, -0.1) is 5.92 Å². The Bertz CT molecular complexity index is 1200. The Hall–Kier alpha value is -3.35. The van der Waals surface area contributed by atoms with Gasteiger partial charge in [-0.1, -0.05) is 5.92 Å². The molecule has 0 spiro atoms. The Labute approximate surface area is 190 Å². The maximum absolute atomic E-state index is 12.8. The number of carboxylic acid groups (broad SMARTS) is 1. The van der Waals surface area contributed by atoms with Gasteiger partial charge in [0.2, 0.25) is 5.95 Å². The van der Waals surface area contributed by atoms with E-state index in [1.54, 1.807) is 11.5 Å². The van der Waals surface area contributed by atoms with Crippen molar-refractivity contribution < 1.29 is 33.3 Å². The molecule has 1 atom stereocenters. The molecule has 0 bridgehead atoms. The van der Waals surface area contributed by atoms with E-state index < -0.39 is 36.1 Å². The topological polar surface area (TPSA) is 155 Å². The maximum atomic E-state index is 12.8. The predicted octanol–water partition coefficient (Wildman–Crippen LogP) is -1.68. The van der Waals surface area contributed by atoms with Crippen LogP contribution >= 0.6 is 0 Å². The fourth-order valence-corrected chi connectivity index (χ4v) is 3.19. The van der Waals surface area contributed by atoms with E-state index in [1.165, 1.54) is 11.6 Å². The molecule has 1 aliphatic rings. The minimum atomic E-state index is -5.08. The van der Waals surface area contributed by atoms with Crippen LogP contribution in [-0.2, 0) is 24.9 Å². The van der Waals surface area contributed by atoms with E-state index in [0.717, 1.165) is 17.7 Å². The van der Waals surface area contributed by atoms with Crippen molar-refractivity contribution in [2.24, 2.45) is 7.05 Å². The molecule has 2 aromatic heterocycles. The standard InChI is InChI=1S/C17H24N6O4.C2HF3O2/c1-3-4-7-22-13-14(19-16(22)21-8-5-18-6-9-21)23(10-12(25)11-24)17(27)20(2)15(13)26;3-2(4,5)1(6)7/h12,18,24-25H,5-11H2,1-2H3;(H,6,7). The Morgan fingerprint density at radius 3 is 2.32 bits per heavy atom. The van der Waals surface area contributed by atoms with Gasteiger partial charge >= 0.3 is 17.8 Å². The highest BCUT2D eigenvalue weighted by molar-refractivity contribution is 5.75. The van der Waals surface area contributed by atoms with Gasteiger partial charge in [0.15, 0.2) is 11.2 Å². The molecule has 188 valence electrons. The summed E-state index contributed by atoms with van der Waals surface area (Å²) in [6.45, 7) is 4.34. The van der Waals surface area contributed by atoms with Gasteiger partial charge in [0, 0.05) is 33.2 Å². The van der Waals surface area contributed by atoms with Crippen LogP contribution in [-0.4, -0.2) is 85.0 Å². The summed E-state index contributed by atoms with van der Waals surface area (Å²) in [5, 5.41) is 29.4. The second-order valence-corrected chi connectivity index (χ2v) is 7.23. The molecule has 1 unspecified atom stereocenters. The number of anilines is 1. The molecule has 0 radical (unpaired) electrons. The SMILES string of the molecule is CC#CCn1c(N2CCNCC2)nc2c1c(=O)n(C)c(=O)n2CC(O)CO.O=C(O)C(F)(F)F. The van der Waals surface area contributed by atoms with Crippen molar-refractivity contribution in [3.8, 4) is 11.8 Å². The number of piperazine rings is 1. The smallest absolute Gasteiger partial charge is 0.475 e. The Morgan fingerprint density at radius 1 is 1.24 bits per heavy atom. The second kappa shape index (κ2) is 11.2. The highest BCUT2D eigenvalue weighted by atomic mass is 19.4. The second-order valence-electron chi connectivity index (χ2n) is 7.23. The number of imidazole rings is 1. The summed E-state index contributed by atoms with van der Waals surface area (Å²) in [6, 6.07) is 0. The summed E-state index contributed by atoms with van der Waals surface area (Å²) in [4.78, 5) is 41.0. The van der Waals surface area contributed by atoms with Crippen LogP contribution in [0.15, 0.2) is 9.59 Å². The highest BCUT2D eigenvalue weighted by Gasteiger charge is 2.38. The van der Waals surface area contributed by atoms with E-state index in [4.69, 9.17) is 15.0 Å². The minimum absolute atomic E-state index is 0.155.